The number of nitrogens with zero attached hydrogens (tertiary/aromatic N) is 2. The summed E-state index contributed by atoms with van der Waals surface area (Å²) in [7, 11) is 0. The number of primary amides is 1. The Hall–Kier alpha value is -2.08. The van der Waals surface area contributed by atoms with Gasteiger partial charge in [-0.15, -0.1) is 0 Å². The molecule has 1 aliphatic heterocycles. The van der Waals surface area contributed by atoms with Gasteiger partial charge in [-0.2, -0.15) is 17.7 Å². The first-order valence-corrected chi connectivity index (χ1v) is 6.65. The van der Waals surface area contributed by atoms with E-state index in [1.165, 1.54) is 0 Å². The van der Waals surface area contributed by atoms with Crippen LogP contribution in [0, 0.1) is 6.92 Å². The van der Waals surface area contributed by atoms with E-state index in [1.54, 1.807) is 18.3 Å². The first-order valence-electron chi connectivity index (χ1n) is 6.20. The second kappa shape index (κ2) is 4.49. The lowest BCUT2D eigenvalue weighted by atomic mass is 9.85. The smallest absolute Gasteiger partial charge is 0.248 e. The minimum Gasteiger partial charge on any atom is -0.366 e. The summed E-state index contributed by atoms with van der Waals surface area (Å²) in [4.78, 5) is 15.6. The molecule has 0 saturated carbocycles. The third-order valence-electron chi connectivity index (χ3n) is 3.47. The minimum absolute atomic E-state index is 0.0996. The summed E-state index contributed by atoms with van der Waals surface area (Å²) in [5.74, 6) is -0.467. The molecule has 2 aliphatic rings. The summed E-state index contributed by atoms with van der Waals surface area (Å²) >= 11 is 4.75. The highest BCUT2D eigenvalue weighted by atomic mass is 32.1. The lowest BCUT2D eigenvalue weighted by molar-refractivity contribution is -0.114. The highest BCUT2D eigenvalue weighted by molar-refractivity contribution is 7.83. The predicted molar refractivity (Wildman–Crippen MR) is 80.6 cm³/mol. The van der Waals surface area contributed by atoms with Crippen molar-refractivity contribution in [1.82, 2.24) is 10.4 Å². The van der Waals surface area contributed by atoms with Crippen LogP contribution in [0.25, 0.3) is 0 Å². The third kappa shape index (κ3) is 1.92. The number of aryl methyl sites for hydroxylation is 1. The summed E-state index contributed by atoms with van der Waals surface area (Å²) in [6.45, 7) is 1.92. The van der Waals surface area contributed by atoms with Gasteiger partial charge < -0.3 is 11.2 Å². The molecule has 3 N–H and O–H groups in total. The Balaban J connectivity index is 2.07. The maximum absolute atomic E-state index is 11.4. The molecule has 6 heteroatoms. The largest absolute Gasteiger partial charge is 0.366 e. The van der Waals surface area contributed by atoms with Crippen molar-refractivity contribution < 1.29 is 4.79 Å². The molecular weight excluding hydrogens is 272 g/mol. The number of hydrazone groups is 1. The van der Waals surface area contributed by atoms with Crippen molar-refractivity contribution in [2.75, 3.05) is 0 Å². The van der Waals surface area contributed by atoms with E-state index in [0.29, 0.717) is 5.57 Å². The van der Waals surface area contributed by atoms with Crippen molar-refractivity contribution in [3.05, 3.63) is 53.4 Å². The van der Waals surface area contributed by atoms with Crippen LogP contribution in [-0.2, 0) is 4.79 Å². The van der Waals surface area contributed by atoms with E-state index in [4.69, 9.17) is 18.4 Å². The number of amides is 1. The Labute approximate surface area is 122 Å². The number of carbonyl (C=O) groups excluding carboxylic acids is 1. The number of pyridine rings is 1. The Morgan fingerprint density at radius 2 is 2.35 bits per heavy atom. The zero-order valence-corrected chi connectivity index (χ0v) is 11.8. The summed E-state index contributed by atoms with van der Waals surface area (Å²) in [6.07, 6.45) is 7.05. The molecule has 1 amide bonds. The average Bonchev–Trinajstić information content (AvgIpc) is 2.74. The summed E-state index contributed by atoms with van der Waals surface area (Å²) in [6, 6.07) is 3.72. The molecule has 3 rings (SSSR count). The normalized spacial score (nSPS) is 27.4. The highest BCUT2D eigenvalue weighted by Gasteiger charge is 2.44. The quantitative estimate of drug-likeness (QED) is 0.701. The molecule has 0 spiro atoms. The van der Waals surface area contributed by atoms with Gasteiger partial charge in [0.25, 0.3) is 0 Å². The molecule has 2 unspecified atom stereocenters. The molecule has 20 heavy (non-hydrogen) atoms. The average molecular weight is 286 g/mol. The van der Waals surface area contributed by atoms with E-state index < -0.39 is 10.7 Å². The Morgan fingerprint density at radius 3 is 3.05 bits per heavy atom. The van der Waals surface area contributed by atoms with Gasteiger partial charge in [0.05, 0.1) is 11.8 Å². The number of hydrogen-bond donors (Lipinski definition) is 3. The zero-order valence-electron chi connectivity index (χ0n) is 10.9. The van der Waals surface area contributed by atoms with E-state index in [-0.39, 0.29) is 6.04 Å². The minimum atomic E-state index is -0.688. The molecule has 0 saturated heterocycles. The van der Waals surface area contributed by atoms with Gasteiger partial charge in [-0.05, 0) is 25.1 Å². The second-order valence-corrected chi connectivity index (χ2v) is 5.64. The predicted octanol–water partition coefficient (Wildman–Crippen LogP) is 0.716. The van der Waals surface area contributed by atoms with E-state index in [2.05, 4.69) is 15.5 Å². The van der Waals surface area contributed by atoms with E-state index >= 15 is 0 Å². The molecule has 102 valence electrons. The standard InChI is InChI=1S/C14H14N4OS/c1-8-6-9(4-5-16-8)12-14(20)7-10(13(15)19)2-3-11(14)17-18-12/h2-7,11,17,20H,1H3,(H2,15,19). The number of nitrogens with two attached hydrogens (primary N) is 1. The van der Waals surface area contributed by atoms with Crippen molar-refractivity contribution in [3.63, 3.8) is 0 Å². The van der Waals surface area contributed by atoms with Gasteiger partial charge >= 0.3 is 0 Å². The lowest BCUT2D eigenvalue weighted by Gasteiger charge is -2.29. The number of thiol groups is 1. The number of nitrogens with one attached hydrogen (secondary N) is 1. The van der Waals surface area contributed by atoms with Gasteiger partial charge in [-0.1, -0.05) is 12.2 Å². The lowest BCUT2D eigenvalue weighted by Crippen LogP contribution is -2.44. The van der Waals surface area contributed by atoms with Crippen molar-refractivity contribution in [3.8, 4) is 0 Å². The molecule has 0 bridgehead atoms. The van der Waals surface area contributed by atoms with Gasteiger partial charge in [-0.3, -0.25) is 9.78 Å². The number of hydrogen-bond acceptors (Lipinski definition) is 5. The van der Waals surface area contributed by atoms with E-state index in [0.717, 1.165) is 17.0 Å². The van der Waals surface area contributed by atoms with Crippen LogP contribution in [0.5, 0.6) is 0 Å². The van der Waals surface area contributed by atoms with Gasteiger partial charge in [0.1, 0.15) is 4.75 Å². The number of aromatic nitrogens is 1. The summed E-state index contributed by atoms with van der Waals surface area (Å²) in [5.41, 5.74) is 11.4. The second-order valence-electron chi connectivity index (χ2n) is 4.90. The van der Waals surface area contributed by atoms with Crippen LogP contribution < -0.4 is 11.2 Å². The number of carbonyl (C=O) groups is 1. The van der Waals surface area contributed by atoms with Crippen LogP contribution in [0.3, 0.4) is 0 Å². The van der Waals surface area contributed by atoms with Crippen molar-refractivity contribution in [2.45, 2.75) is 17.7 Å². The molecular formula is C14H14N4OS. The molecule has 0 aromatic carbocycles. The first-order chi connectivity index (χ1) is 9.50. The maximum Gasteiger partial charge on any atom is 0.248 e. The topological polar surface area (TPSA) is 80.4 Å². The van der Waals surface area contributed by atoms with Gasteiger partial charge in [0.15, 0.2) is 0 Å². The summed E-state index contributed by atoms with van der Waals surface area (Å²) < 4.78 is -0.688. The van der Waals surface area contributed by atoms with Crippen LogP contribution in [-0.4, -0.2) is 27.4 Å². The van der Waals surface area contributed by atoms with Crippen molar-refractivity contribution >= 4 is 24.2 Å². The van der Waals surface area contributed by atoms with Gasteiger partial charge in [-0.25, -0.2) is 0 Å². The number of fused-ring (bicyclic) bond motifs is 1. The van der Waals surface area contributed by atoms with Gasteiger partial charge in [0.2, 0.25) is 5.91 Å². The fourth-order valence-electron chi connectivity index (χ4n) is 2.44. The van der Waals surface area contributed by atoms with E-state index in [9.17, 15) is 4.79 Å². The first kappa shape index (κ1) is 12.9. The van der Waals surface area contributed by atoms with Crippen LogP contribution in [0.4, 0.5) is 0 Å². The van der Waals surface area contributed by atoms with Crippen molar-refractivity contribution in [2.24, 2.45) is 10.8 Å². The molecule has 0 fully saturated rings. The fourth-order valence-corrected chi connectivity index (χ4v) is 2.91. The SMILES string of the molecule is Cc1cc(C2=NNC3C=CC(C(N)=O)=CC23S)ccn1. The fraction of sp³-hybridized carbons (Fsp3) is 0.214. The van der Waals surface area contributed by atoms with Crippen molar-refractivity contribution in [1.29, 1.82) is 0 Å². The molecule has 5 nitrogen and oxygen atoms in total. The maximum atomic E-state index is 11.4. The monoisotopic (exact) mass is 286 g/mol. The highest BCUT2D eigenvalue weighted by Crippen LogP contribution is 2.35. The molecule has 1 aromatic heterocycles. The third-order valence-corrected chi connectivity index (χ3v) is 4.09. The summed E-state index contributed by atoms with van der Waals surface area (Å²) in [5, 5.41) is 4.37. The Morgan fingerprint density at radius 1 is 1.55 bits per heavy atom. The van der Waals surface area contributed by atoms with Crippen LogP contribution in [0.15, 0.2) is 47.2 Å². The molecule has 0 radical (unpaired) electrons. The van der Waals surface area contributed by atoms with Crippen LogP contribution in [0.2, 0.25) is 0 Å². The molecule has 1 aliphatic carbocycles. The molecule has 1 aromatic rings. The van der Waals surface area contributed by atoms with Gasteiger partial charge in [0, 0.05) is 23.0 Å². The Bertz CT molecular complexity index is 680. The Kier molecular flexibility index (Phi) is 2.90. The van der Waals surface area contributed by atoms with E-state index in [1.807, 2.05) is 25.1 Å². The molecule has 2 atom stereocenters. The zero-order chi connectivity index (χ0) is 14.3. The van der Waals surface area contributed by atoms with Crippen LogP contribution >= 0.6 is 12.6 Å². The number of rotatable bonds is 2. The van der Waals surface area contributed by atoms with Crippen LogP contribution in [0.1, 0.15) is 11.3 Å². The molecule has 2 heterocycles.